The maximum absolute atomic E-state index is 13.5. The summed E-state index contributed by atoms with van der Waals surface area (Å²) in [5.41, 5.74) is 4.66. The minimum atomic E-state index is -4.11. The molecule has 1 aliphatic rings. The lowest BCUT2D eigenvalue weighted by Gasteiger charge is -2.31. The number of fused-ring (bicyclic) bond motifs is 1. The summed E-state index contributed by atoms with van der Waals surface area (Å²) in [5.74, 6) is -0.785. The third-order valence-electron chi connectivity index (χ3n) is 7.69. The van der Waals surface area contributed by atoms with Gasteiger partial charge in [-0.15, -0.1) is 15.7 Å². The molecule has 2 amide bonds. The minimum Gasteiger partial charge on any atom is -0.486 e. The molecule has 1 atom stereocenters. The van der Waals surface area contributed by atoms with Crippen molar-refractivity contribution in [3.63, 3.8) is 0 Å². The van der Waals surface area contributed by atoms with Crippen LogP contribution in [0.3, 0.4) is 0 Å². The van der Waals surface area contributed by atoms with Gasteiger partial charge in [-0.3, -0.25) is 14.9 Å². The Balaban J connectivity index is 1.13. The second kappa shape index (κ2) is 13.2. The van der Waals surface area contributed by atoms with Crippen molar-refractivity contribution in [2.75, 3.05) is 18.5 Å². The fourth-order valence-electron chi connectivity index (χ4n) is 5.18. The van der Waals surface area contributed by atoms with Crippen LogP contribution in [0.2, 0.25) is 0 Å². The van der Waals surface area contributed by atoms with E-state index < -0.39 is 22.0 Å². The Bertz CT molecular complexity index is 2120. The number of sulfonamides is 1. The van der Waals surface area contributed by atoms with Gasteiger partial charge >= 0.3 is 0 Å². The van der Waals surface area contributed by atoms with Gasteiger partial charge in [-0.05, 0) is 81.8 Å². The molecule has 1 N–H and O–H groups in total. The summed E-state index contributed by atoms with van der Waals surface area (Å²) in [6.45, 7) is 8.01. The lowest BCUT2D eigenvalue weighted by molar-refractivity contribution is -0.790. The molecule has 5 aromatic rings. The Kier molecular flexibility index (Phi) is 9.08. The summed E-state index contributed by atoms with van der Waals surface area (Å²) in [4.78, 5) is 32.7. The van der Waals surface area contributed by atoms with E-state index in [1.54, 1.807) is 35.6 Å². The molecule has 0 radical (unpaired) electrons. The van der Waals surface area contributed by atoms with E-state index in [0.29, 0.717) is 11.4 Å². The lowest BCUT2D eigenvalue weighted by atomic mass is 10.1. The first-order chi connectivity index (χ1) is 22.5. The van der Waals surface area contributed by atoms with E-state index in [1.165, 1.54) is 27.3 Å². The highest BCUT2D eigenvalue weighted by Crippen LogP contribution is 2.31. The first-order valence-electron chi connectivity index (χ1n) is 15.1. The van der Waals surface area contributed by atoms with Crippen LogP contribution in [0, 0.1) is 13.8 Å². The number of benzene rings is 3. The van der Waals surface area contributed by atoms with E-state index >= 15 is 0 Å². The van der Waals surface area contributed by atoms with Crippen molar-refractivity contribution < 1.29 is 31.9 Å². The SMILES string of the molecule is Cc1ccc(S(=O)(=O)/N=c2\o[n-][n+](C(C)C)c2CN2CCOC(CC(=O)Nc3ccc(-c4nc5ccc(C)cc5s4)cc3)C2=O)cc1. The summed E-state index contributed by atoms with van der Waals surface area (Å²) >= 11 is 1.61. The molecule has 0 spiro atoms. The van der Waals surface area contributed by atoms with E-state index in [9.17, 15) is 18.0 Å². The molecule has 3 aromatic carbocycles. The second-order valence-corrected chi connectivity index (χ2v) is 14.3. The number of anilines is 1. The number of hydrogen-bond donors (Lipinski definition) is 1. The number of hydrogen-bond acceptors (Lipinski definition) is 8. The van der Waals surface area contributed by atoms with Crippen molar-refractivity contribution in [1.29, 1.82) is 0 Å². The van der Waals surface area contributed by atoms with E-state index in [4.69, 9.17) is 14.2 Å². The average molecular weight is 675 g/mol. The number of aromatic nitrogens is 3. The lowest BCUT2D eigenvalue weighted by Crippen LogP contribution is -2.52. The Hall–Kier alpha value is -4.66. The molecular formula is C33H34N6O6S2. The largest absolute Gasteiger partial charge is 0.486 e. The van der Waals surface area contributed by atoms with Crippen LogP contribution in [0.4, 0.5) is 5.69 Å². The van der Waals surface area contributed by atoms with Crippen LogP contribution in [-0.2, 0) is 30.9 Å². The molecule has 1 saturated heterocycles. The Morgan fingerprint density at radius 3 is 2.55 bits per heavy atom. The number of morpholine rings is 1. The molecule has 0 aliphatic carbocycles. The van der Waals surface area contributed by atoms with Crippen LogP contribution in [0.15, 0.2) is 80.5 Å². The van der Waals surface area contributed by atoms with Crippen LogP contribution in [-0.4, -0.2) is 49.4 Å². The fourth-order valence-corrected chi connectivity index (χ4v) is 7.19. The molecule has 1 fully saturated rings. The van der Waals surface area contributed by atoms with Crippen molar-refractivity contribution in [2.24, 2.45) is 4.40 Å². The van der Waals surface area contributed by atoms with Gasteiger partial charge in [0.2, 0.25) is 5.91 Å². The number of carbonyl (C=O) groups is 2. The van der Waals surface area contributed by atoms with Gasteiger partial charge in [0.25, 0.3) is 27.2 Å². The summed E-state index contributed by atoms with van der Waals surface area (Å²) in [6.07, 6.45) is -1.21. The van der Waals surface area contributed by atoms with Gasteiger partial charge in [-0.2, -0.15) is 8.42 Å². The van der Waals surface area contributed by atoms with Crippen LogP contribution < -0.4 is 20.8 Å². The Labute approximate surface area is 275 Å². The molecule has 244 valence electrons. The Morgan fingerprint density at radius 2 is 1.83 bits per heavy atom. The summed E-state index contributed by atoms with van der Waals surface area (Å²) < 4.78 is 43.7. The summed E-state index contributed by atoms with van der Waals surface area (Å²) in [7, 11) is -4.11. The number of rotatable bonds is 9. The second-order valence-electron chi connectivity index (χ2n) is 11.7. The Morgan fingerprint density at radius 1 is 1.11 bits per heavy atom. The minimum absolute atomic E-state index is 0.0107. The number of nitrogens with one attached hydrogen (secondary N) is 1. The topological polar surface area (TPSA) is 149 Å². The molecule has 6 rings (SSSR count). The molecule has 1 unspecified atom stereocenters. The molecule has 1 aliphatic heterocycles. The number of carbonyl (C=O) groups excluding carboxylic acids is 2. The highest BCUT2D eigenvalue weighted by atomic mass is 32.2. The summed E-state index contributed by atoms with van der Waals surface area (Å²) in [5, 5.41) is 7.73. The molecule has 0 bridgehead atoms. The van der Waals surface area contributed by atoms with E-state index in [1.807, 2.05) is 52.0 Å². The third-order valence-corrected chi connectivity index (χ3v) is 10.0. The smallest absolute Gasteiger partial charge is 0.289 e. The van der Waals surface area contributed by atoms with E-state index in [0.717, 1.165) is 26.4 Å². The van der Waals surface area contributed by atoms with Gasteiger partial charge in [0.05, 0.1) is 28.1 Å². The maximum atomic E-state index is 13.5. The van der Waals surface area contributed by atoms with Gasteiger partial charge in [-0.1, -0.05) is 23.8 Å². The third kappa shape index (κ3) is 7.19. The zero-order valence-electron chi connectivity index (χ0n) is 26.3. The van der Waals surface area contributed by atoms with E-state index in [-0.39, 0.29) is 48.5 Å². The molecule has 3 heterocycles. The maximum Gasteiger partial charge on any atom is 0.289 e. The average Bonchev–Trinajstić information content (AvgIpc) is 3.63. The quantitative estimate of drug-likeness (QED) is 0.230. The molecule has 0 saturated carbocycles. The molecule has 12 nitrogen and oxygen atoms in total. The zero-order chi connectivity index (χ0) is 33.3. The van der Waals surface area contributed by atoms with Gasteiger partial charge in [0.1, 0.15) is 23.7 Å². The molecule has 47 heavy (non-hydrogen) atoms. The monoisotopic (exact) mass is 674 g/mol. The number of thiazole rings is 1. The molecular weight excluding hydrogens is 641 g/mol. The number of aryl methyl sites for hydroxylation is 2. The van der Waals surface area contributed by atoms with E-state index in [2.05, 4.69) is 21.1 Å². The number of ether oxygens (including phenoxy) is 1. The van der Waals surface area contributed by atoms with Crippen molar-refractivity contribution in [3.8, 4) is 10.6 Å². The predicted molar refractivity (Wildman–Crippen MR) is 175 cm³/mol. The number of nitrogens with zero attached hydrogens (tertiary/aromatic N) is 5. The van der Waals surface area contributed by atoms with Crippen LogP contribution >= 0.6 is 11.3 Å². The van der Waals surface area contributed by atoms with Gasteiger partial charge in [0, 0.05) is 17.8 Å². The zero-order valence-corrected chi connectivity index (χ0v) is 28.0. The van der Waals surface area contributed by atoms with Crippen molar-refractivity contribution in [2.45, 2.75) is 57.7 Å². The van der Waals surface area contributed by atoms with Gasteiger partial charge < -0.3 is 19.5 Å². The van der Waals surface area contributed by atoms with Gasteiger partial charge in [0.15, 0.2) is 0 Å². The van der Waals surface area contributed by atoms with Crippen LogP contribution in [0.5, 0.6) is 0 Å². The van der Waals surface area contributed by atoms with Crippen molar-refractivity contribution in [1.82, 2.24) is 15.2 Å². The summed E-state index contributed by atoms with van der Waals surface area (Å²) in [6, 6.07) is 19.6. The highest BCUT2D eigenvalue weighted by Gasteiger charge is 2.34. The molecule has 2 aromatic heterocycles. The van der Waals surface area contributed by atoms with Crippen LogP contribution in [0.1, 0.15) is 43.1 Å². The standard InChI is InChI=1S/C33H34N6O6S2/c1-20(2)39-27(31(45-37-39)36-47(42,43)25-12-5-21(3)6-13-25)19-38-15-16-44-28(33(38)41)18-30(40)34-24-10-8-23(9-11-24)32-35-26-14-7-22(4)17-29(26)46-32/h5-14,17,20,28H,15-16,18-19H2,1-4H3,(H,34,40)/b36-31-. The van der Waals surface area contributed by atoms with Crippen molar-refractivity contribution in [3.05, 3.63) is 89.1 Å². The first kappa shape index (κ1) is 32.3. The normalized spacial score (nSPS) is 15.9. The highest BCUT2D eigenvalue weighted by molar-refractivity contribution is 7.90. The fraction of sp³-hybridized carbons (Fsp3) is 0.303. The van der Waals surface area contributed by atoms with Gasteiger partial charge in [-0.25, -0.2) is 9.67 Å². The van der Waals surface area contributed by atoms with Crippen molar-refractivity contribution >= 4 is 49.1 Å². The predicted octanol–water partition coefficient (Wildman–Crippen LogP) is 4.04. The number of amides is 2. The molecule has 14 heteroatoms. The van der Waals surface area contributed by atoms with Crippen LogP contribution in [0.25, 0.3) is 20.8 Å². The first-order valence-corrected chi connectivity index (χ1v) is 17.4.